The fourth-order valence-electron chi connectivity index (χ4n) is 1.92. The molecule has 0 fully saturated rings. The maximum atomic E-state index is 12.1. The van der Waals surface area contributed by atoms with Gasteiger partial charge in [-0.05, 0) is 30.3 Å². The lowest BCUT2D eigenvalue weighted by molar-refractivity contribution is -0.119. The van der Waals surface area contributed by atoms with Crippen molar-refractivity contribution in [2.45, 2.75) is 6.54 Å². The Kier molecular flexibility index (Phi) is 6.04. The van der Waals surface area contributed by atoms with Crippen LogP contribution in [-0.4, -0.2) is 32.1 Å². The monoisotopic (exact) mass is 387 g/mol. The summed E-state index contributed by atoms with van der Waals surface area (Å²) >= 11 is 11.8. The van der Waals surface area contributed by atoms with Crippen molar-refractivity contribution >= 4 is 44.8 Å². The molecule has 24 heavy (non-hydrogen) atoms. The fourth-order valence-corrected chi connectivity index (χ4v) is 3.06. The van der Waals surface area contributed by atoms with Gasteiger partial charge in [-0.15, -0.1) is 0 Å². The van der Waals surface area contributed by atoms with Gasteiger partial charge in [0.1, 0.15) is 6.54 Å². The molecule has 128 valence electrons. The van der Waals surface area contributed by atoms with Crippen LogP contribution in [0.25, 0.3) is 0 Å². The molecule has 0 bridgehead atoms. The summed E-state index contributed by atoms with van der Waals surface area (Å²) in [6.07, 6.45) is 2.63. The molecule has 1 aromatic heterocycles. The molecule has 2 aromatic rings. The third-order valence-electron chi connectivity index (χ3n) is 3.07. The zero-order valence-corrected chi connectivity index (χ0v) is 15.1. The molecule has 1 aromatic carbocycles. The lowest BCUT2D eigenvalue weighted by Crippen LogP contribution is -2.40. The summed E-state index contributed by atoms with van der Waals surface area (Å²) < 4.78 is 25.0. The summed E-state index contributed by atoms with van der Waals surface area (Å²) in [7, 11) is -3.67. The lowest BCUT2D eigenvalue weighted by atomic mass is 10.3. The number of benzene rings is 1. The first-order chi connectivity index (χ1) is 11.3. The number of pyridine rings is 1. The minimum atomic E-state index is -3.67. The molecule has 0 radical (unpaired) electrons. The summed E-state index contributed by atoms with van der Waals surface area (Å²) in [6.45, 7) is -0.164. The average molecular weight is 388 g/mol. The van der Waals surface area contributed by atoms with Crippen LogP contribution in [0.2, 0.25) is 10.0 Å². The molecule has 1 heterocycles. The molecule has 0 spiro atoms. The van der Waals surface area contributed by atoms with Crippen molar-refractivity contribution in [1.29, 1.82) is 0 Å². The van der Waals surface area contributed by atoms with Crippen LogP contribution in [0.3, 0.4) is 0 Å². The maximum Gasteiger partial charge on any atom is 0.241 e. The van der Waals surface area contributed by atoms with Crippen molar-refractivity contribution in [1.82, 2.24) is 10.3 Å². The zero-order chi connectivity index (χ0) is 17.7. The van der Waals surface area contributed by atoms with E-state index < -0.39 is 15.9 Å². The molecule has 2 rings (SSSR count). The van der Waals surface area contributed by atoms with Gasteiger partial charge in [0.15, 0.2) is 0 Å². The number of nitrogens with one attached hydrogen (secondary N) is 1. The van der Waals surface area contributed by atoms with E-state index >= 15 is 0 Å². The second-order valence-corrected chi connectivity index (χ2v) is 7.69. The Morgan fingerprint density at radius 3 is 2.54 bits per heavy atom. The van der Waals surface area contributed by atoms with E-state index in [4.69, 9.17) is 23.2 Å². The van der Waals surface area contributed by atoms with Gasteiger partial charge in [0.05, 0.1) is 34.2 Å². The highest BCUT2D eigenvalue weighted by molar-refractivity contribution is 7.92. The molecule has 1 amide bonds. The number of hydrogen-bond acceptors (Lipinski definition) is 4. The number of carbonyl (C=O) groups excluding carboxylic acids is 1. The smallest absolute Gasteiger partial charge is 0.241 e. The average Bonchev–Trinajstić information content (AvgIpc) is 2.53. The minimum Gasteiger partial charge on any atom is -0.349 e. The Bertz CT molecular complexity index is 829. The molecule has 0 saturated heterocycles. The highest BCUT2D eigenvalue weighted by Crippen LogP contribution is 2.28. The molecular weight excluding hydrogens is 373 g/mol. The first-order valence-corrected chi connectivity index (χ1v) is 9.47. The number of nitrogens with zero attached hydrogens (tertiary/aromatic N) is 2. The van der Waals surface area contributed by atoms with E-state index in [2.05, 4.69) is 10.3 Å². The number of hydrogen-bond donors (Lipinski definition) is 1. The SMILES string of the molecule is CS(=O)(=O)N(CC(=O)NCc1ccccn1)c1ccc(Cl)c(Cl)c1. The fraction of sp³-hybridized carbons (Fsp3) is 0.200. The minimum absolute atomic E-state index is 0.205. The van der Waals surface area contributed by atoms with Crippen LogP contribution in [0.5, 0.6) is 0 Å². The highest BCUT2D eigenvalue weighted by Gasteiger charge is 2.21. The van der Waals surface area contributed by atoms with Crippen molar-refractivity contribution in [3.05, 3.63) is 58.3 Å². The van der Waals surface area contributed by atoms with E-state index in [0.29, 0.717) is 10.7 Å². The van der Waals surface area contributed by atoms with Gasteiger partial charge in [-0.3, -0.25) is 14.1 Å². The summed E-state index contributed by atoms with van der Waals surface area (Å²) in [6, 6.07) is 9.68. The summed E-state index contributed by atoms with van der Waals surface area (Å²) in [5.41, 5.74) is 0.936. The third kappa shape index (κ3) is 5.09. The third-order valence-corrected chi connectivity index (χ3v) is 4.95. The number of amides is 1. The number of halogens is 2. The second kappa shape index (κ2) is 7.83. The highest BCUT2D eigenvalue weighted by atomic mass is 35.5. The molecule has 0 aliphatic heterocycles. The summed E-state index contributed by atoms with van der Waals surface area (Å²) in [5.74, 6) is -0.461. The topological polar surface area (TPSA) is 79.4 Å². The Morgan fingerprint density at radius 2 is 1.96 bits per heavy atom. The van der Waals surface area contributed by atoms with Crippen molar-refractivity contribution in [2.24, 2.45) is 0 Å². The van der Waals surface area contributed by atoms with Crippen molar-refractivity contribution in [3.63, 3.8) is 0 Å². The van der Waals surface area contributed by atoms with Crippen LogP contribution in [0.15, 0.2) is 42.6 Å². The maximum absolute atomic E-state index is 12.1. The van der Waals surface area contributed by atoms with E-state index in [-0.39, 0.29) is 23.8 Å². The van der Waals surface area contributed by atoms with E-state index in [1.807, 2.05) is 0 Å². The van der Waals surface area contributed by atoms with E-state index in [1.165, 1.54) is 18.2 Å². The van der Waals surface area contributed by atoms with Gasteiger partial charge in [-0.25, -0.2) is 8.42 Å². The quantitative estimate of drug-likeness (QED) is 0.825. The predicted octanol–water partition coefficient (Wildman–Crippen LogP) is 2.47. The number of aromatic nitrogens is 1. The molecule has 9 heteroatoms. The van der Waals surface area contributed by atoms with Gasteiger partial charge in [-0.2, -0.15) is 0 Å². The number of carbonyl (C=O) groups is 1. The van der Waals surface area contributed by atoms with Crippen LogP contribution >= 0.6 is 23.2 Å². The van der Waals surface area contributed by atoms with Crippen LogP contribution in [0, 0.1) is 0 Å². The van der Waals surface area contributed by atoms with Crippen LogP contribution in [-0.2, 0) is 21.4 Å². The molecular formula is C15H15Cl2N3O3S. The second-order valence-electron chi connectivity index (χ2n) is 4.97. The Hall–Kier alpha value is -1.83. The predicted molar refractivity (Wildman–Crippen MR) is 94.7 cm³/mol. The normalized spacial score (nSPS) is 11.1. The largest absolute Gasteiger partial charge is 0.349 e. The molecule has 0 saturated carbocycles. The summed E-state index contributed by atoms with van der Waals surface area (Å²) in [4.78, 5) is 16.2. The van der Waals surface area contributed by atoms with Gasteiger partial charge >= 0.3 is 0 Å². The van der Waals surface area contributed by atoms with Gasteiger partial charge in [0.2, 0.25) is 15.9 Å². The van der Waals surface area contributed by atoms with Gasteiger partial charge in [0, 0.05) is 6.20 Å². The van der Waals surface area contributed by atoms with Crippen molar-refractivity contribution in [2.75, 3.05) is 17.1 Å². The molecule has 1 N–H and O–H groups in total. The van der Waals surface area contributed by atoms with Crippen LogP contribution in [0.4, 0.5) is 5.69 Å². The standard InChI is InChI=1S/C15H15Cl2N3O3S/c1-24(22,23)20(12-5-6-13(16)14(17)8-12)10-15(21)19-9-11-4-2-3-7-18-11/h2-8H,9-10H2,1H3,(H,19,21). The Morgan fingerprint density at radius 1 is 1.21 bits per heavy atom. The first kappa shape index (κ1) is 18.5. The Balaban J connectivity index is 2.11. The Labute approximate surface area is 150 Å². The van der Waals surface area contributed by atoms with Crippen molar-refractivity contribution < 1.29 is 13.2 Å². The first-order valence-electron chi connectivity index (χ1n) is 6.87. The van der Waals surface area contributed by atoms with Gasteiger partial charge in [-0.1, -0.05) is 29.3 Å². The number of rotatable bonds is 6. The van der Waals surface area contributed by atoms with Gasteiger partial charge in [0.25, 0.3) is 0 Å². The van der Waals surface area contributed by atoms with E-state index in [1.54, 1.807) is 24.4 Å². The van der Waals surface area contributed by atoms with Crippen LogP contribution in [0.1, 0.15) is 5.69 Å². The molecule has 0 aliphatic rings. The van der Waals surface area contributed by atoms with E-state index in [0.717, 1.165) is 10.6 Å². The van der Waals surface area contributed by atoms with Gasteiger partial charge < -0.3 is 5.32 Å². The lowest BCUT2D eigenvalue weighted by Gasteiger charge is -2.22. The van der Waals surface area contributed by atoms with E-state index in [9.17, 15) is 13.2 Å². The zero-order valence-electron chi connectivity index (χ0n) is 12.7. The molecule has 0 atom stereocenters. The molecule has 0 unspecified atom stereocenters. The molecule has 6 nitrogen and oxygen atoms in total. The number of anilines is 1. The van der Waals surface area contributed by atoms with Crippen LogP contribution < -0.4 is 9.62 Å². The van der Waals surface area contributed by atoms with Crippen molar-refractivity contribution in [3.8, 4) is 0 Å². The number of sulfonamides is 1. The molecule has 0 aliphatic carbocycles. The summed E-state index contributed by atoms with van der Waals surface area (Å²) in [5, 5.41) is 3.14.